The fraction of sp³-hybridized carbons (Fsp3) is 0.238. The highest BCUT2D eigenvalue weighted by Gasteiger charge is 2.21. The van der Waals surface area contributed by atoms with Gasteiger partial charge in [-0.05, 0) is 35.9 Å². The van der Waals surface area contributed by atoms with Gasteiger partial charge in [-0.2, -0.15) is 5.10 Å². The Hall–Kier alpha value is -3.02. The van der Waals surface area contributed by atoms with Crippen LogP contribution in [0.2, 0.25) is 0 Å². The maximum Gasteiger partial charge on any atom is 0.156 e. The van der Waals surface area contributed by atoms with Gasteiger partial charge in [-0.1, -0.05) is 32.9 Å². The molecule has 0 fully saturated rings. The number of nitrogens with one attached hydrogen (secondary N) is 1. The first kappa shape index (κ1) is 17.4. The molecular formula is C21H20F2N4. The summed E-state index contributed by atoms with van der Waals surface area (Å²) in [4.78, 5) is 7.86. The standard InChI is InChI=1S/C21H20F2N4/c1-21(2,3)18-11-17(27(4)26-18)20-24-15-9-8-12(10-16(15)25-20)19-13(22)6-5-7-14(19)23/h5-11H,1-4H3,(H,24,25). The molecule has 6 heteroatoms. The maximum atomic E-state index is 14.1. The van der Waals surface area contributed by atoms with Gasteiger partial charge >= 0.3 is 0 Å². The molecule has 4 aromatic rings. The largest absolute Gasteiger partial charge is 0.337 e. The number of aryl methyl sites for hydroxylation is 1. The topological polar surface area (TPSA) is 46.5 Å². The SMILES string of the molecule is Cn1nc(C(C)(C)C)cc1-c1nc2ccc(-c3c(F)cccc3F)cc2[nH]1. The smallest absolute Gasteiger partial charge is 0.156 e. The van der Waals surface area contributed by atoms with E-state index in [0.717, 1.165) is 16.9 Å². The van der Waals surface area contributed by atoms with Gasteiger partial charge in [0, 0.05) is 12.5 Å². The molecule has 0 unspecified atom stereocenters. The zero-order valence-corrected chi connectivity index (χ0v) is 15.6. The fourth-order valence-corrected chi connectivity index (χ4v) is 3.12. The number of fused-ring (bicyclic) bond motifs is 1. The zero-order chi connectivity index (χ0) is 19.3. The van der Waals surface area contributed by atoms with Gasteiger partial charge in [0.2, 0.25) is 0 Å². The van der Waals surface area contributed by atoms with E-state index in [0.29, 0.717) is 16.9 Å². The summed E-state index contributed by atoms with van der Waals surface area (Å²) in [7, 11) is 1.87. The molecule has 138 valence electrons. The summed E-state index contributed by atoms with van der Waals surface area (Å²) in [6, 6.07) is 11.0. The molecule has 1 N–H and O–H groups in total. The lowest BCUT2D eigenvalue weighted by Gasteiger charge is -2.13. The minimum absolute atomic E-state index is 0.0360. The van der Waals surface area contributed by atoms with Crippen molar-refractivity contribution in [3.63, 3.8) is 0 Å². The molecular weight excluding hydrogens is 346 g/mol. The summed E-state index contributed by atoms with van der Waals surface area (Å²) in [5, 5.41) is 4.57. The monoisotopic (exact) mass is 366 g/mol. The van der Waals surface area contributed by atoms with Crippen molar-refractivity contribution in [3.8, 4) is 22.6 Å². The third-order valence-corrected chi connectivity index (χ3v) is 4.62. The summed E-state index contributed by atoms with van der Waals surface area (Å²) in [6.45, 7) is 6.31. The number of H-pyrrole nitrogens is 1. The maximum absolute atomic E-state index is 14.1. The summed E-state index contributed by atoms with van der Waals surface area (Å²) in [5.74, 6) is -0.507. The molecule has 27 heavy (non-hydrogen) atoms. The second-order valence-corrected chi connectivity index (χ2v) is 7.70. The van der Waals surface area contributed by atoms with Crippen LogP contribution in [0.25, 0.3) is 33.7 Å². The van der Waals surface area contributed by atoms with Crippen LogP contribution in [0.15, 0.2) is 42.5 Å². The fourth-order valence-electron chi connectivity index (χ4n) is 3.12. The van der Waals surface area contributed by atoms with Crippen LogP contribution in [0.3, 0.4) is 0 Å². The van der Waals surface area contributed by atoms with Gasteiger partial charge in [-0.25, -0.2) is 13.8 Å². The number of nitrogens with zero attached hydrogens (tertiary/aromatic N) is 3. The Morgan fingerprint density at radius 1 is 1.00 bits per heavy atom. The lowest BCUT2D eigenvalue weighted by Crippen LogP contribution is -2.12. The lowest BCUT2D eigenvalue weighted by atomic mass is 9.92. The number of aromatic nitrogens is 4. The minimum atomic E-state index is -0.587. The van der Waals surface area contributed by atoms with E-state index in [-0.39, 0.29) is 11.0 Å². The Morgan fingerprint density at radius 3 is 2.33 bits per heavy atom. The van der Waals surface area contributed by atoms with Gasteiger partial charge in [0.1, 0.15) is 17.3 Å². The third kappa shape index (κ3) is 3.01. The summed E-state index contributed by atoms with van der Waals surface area (Å²) in [6.07, 6.45) is 0. The number of aromatic amines is 1. The molecule has 4 nitrogen and oxygen atoms in total. The van der Waals surface area contributed by atoms with Crippen LogP contribution in [0.1, 0.15) is 26.5 Å². The summed E-state index contributed by atoms with van der Waals surface area (Å²) < 4.78 is 30.0. The van der Waals surface area contributed by atoms with Crippen molar-refractivity contribution in [2.24, 2.45) is 7.05 Å². The molecule has 0 radical (unpaired) electrons. The first-order valence-corrected chi connectivity index (χ1v) is 8.73. The van der Waals surface area contributed by atoms with Crippen LogP contribution in [-0.2, 0) is 12.5 Å². The Morgan fingerprint density at radius 2 is 1.70 bits per heavy atom. The number of hydrogen-bond donors (Lipinski definition) is 1. The van der Waals surface area contributed by atoms with E-state index < -0.39 is 11.6 Å². The van der Waals surface area contributed by atoms with Gasteiger partial charge in [-0.15, -0.1) is 0 Å². The van der Waals surface area contributed by atoms with E-state index in [1.54, 1.807) is 22.9 Å². The molecule has 0 bridgehead atoms. The Labute approximate surface area is 155 Å². The lowest BCUT2D eigenvalue weighted by molar-refractivity contribution is 0.553. The summed E-state index contributed by atoms with van der Waals surface area (Å²) >= 11 is 0. The Balaban J connectivity index is 1.82. The number of benzene rings is 2. The first-order chi connectivity index (χ1) is 12.7. The predicted molar refractivity (Wildman–Crippen MR) is 102 cm³/mol. The highest BCUT2D eigenvalue weighted by molar-refractivity contribution is 5.84. The molecule has 4 rings (SSSR count). The van der Waals surface area contributed by atoms with Crippen molar-refractivity contribution in [1.29, 1.82) is 0 Å². The van der Waals surface area contributed by atoms with Gasteiger partial charge in [0.25, 0.3) is 0 Å². The minimum Gasteiger partial charge on any atom is -0.337 e. The quantitative estimate of drug-likeness (QED) is 0.530. The Bertz CT molecular complexity index is 1130. The van der Waals surface area contributed by atoms with Crippen molar-refractivity contribution in [2.45, 2.75) is 26.2 Å². The number of imidazole rings is 1. The van der Waals surface area contributed by atoms with E-state index in [2.05, 4.69) is 35.8 Å². The molecule has 0 aliphatic carbocycles. The molecule has 2 aromatic heterocycles. The highest BCUT2D eigenvalue weighted by atomic mass is 19.1. The van der Waals surface area contributed by atoms with Gasteiger partial charge in [0.15, 0.2) is 5.82 Å². The van der Waals surface area contributed by atoms with Gasteiger partial charge < -0.3 is 4.98 Å². The molecule has 0 saturated heterocycles. The highest BCUT2D eigenvalue weighted by Crippen LogP contribution is 2.30. The molecule has 0 aliphatic rings. The average Bonchev–Trinajstić information content (AvgIpc) is 3.17. The van der Waals surface area contributed by atoms with E-state index in [4.69, 9.17) is 0 Å². The van der Waals surface area contributed by atoms with Gasteiger partial charge in [-0.3, -0.25) is 4.68 Å². The van der Waals surface area contributed by atoms with Crippen molar-refractivity contribution in [1.82, 2.24) is 19.7 Å². The zero-order valence-electron chi connectivity index (χ0n) is 15.6. The number of hydrogen-bond acceptors (Lipinski definition) is 2. The van der Waals surface area contributed by atoms with Gasteiger partial charge in [0.05, 0.1) is 22.3 Å². The average molecular weight is 366 g/mol. The second-order valence-electron chi connectivity index (χ2n) is 7.70. The Kier molecular flexibility index (Phi) is 3.87. The number of halogens is 2. The number of rotatable bonds is 2. The molecule has 0 amide bonds. The van der Waals surface area contributed by atoms with E-state index in [1.807, 2.05) is 13.1 Å². The van der Waals surface area contributed by atoms with Crippen molar-refractivity contribution in [3.05, 3.63) is 59.8 Å². The summed E-state index contributed by atoms with van der Waals surface area (Å²) in [5.41, 5.74) is 3.62. The van der Waals surface area contributed by atoms with Crippen LogP contribution >= 0.6 is 0 Å². The van der Waals surface area contributed by atoms with Crippen molar-refractivity contribution >= 4 is 11.0 Å². The molecule has 0 atom stereocenters. The van der Waals surface area contributed by atoms with Crippen LogP contribution in [0, 0.1) is 11.6 Å². The molecule has 0 spiro atoms. The first-order valence-electron chi connectivity index (χ1n) is 8.73. The van der Waals surface area contributed by atoms with Crippen molar-refractivity contribution < 1.29 is 8.78 Å². The van der Waals surface area contributed by atoms with E-state index in [1.165, 1.54) is 18.2 Å². The molecule has 2 aromatic carbocycles. The third-order valence-electron chi connectivity index (χ3n) is 4.62. The van der Waals surface area contributed by atoms with Crippen molar-refractivity contribution in [2.75, 3.05) is 0 Å². The van der Waals surface area contributed by atoms with E-state index in [9.17, 15) is 8.78 Å². The van der Waals surface area contributed by atoms with Crippen LogP contribution < -0.4 is 0 Å². The van der Waals surface area contributed by atoms with E-state index >= 15 is 0 Å². The predicted octanol–water partition coefficient (Wildman–Crippen LogP) is 5.21. The van der Waals surface area contributed by atoms with Crippen LogP contribution in [0.4, 0.5) is 8.78 Å². The molecule has 0 saturated carbocycles. The normalized spacial score (nSPS) is 12.1. The second kappa shape index (κ2) is 6.01. The van der Waals surface area contributed by atoms with Crippen LogP contribution in [0.5, 0.6) is 0 Å². The molecule has 2 heterocycles. The molecule has 0 aliphatic heterocycles. The van der Waals surface area contributed by atoms with Crippen LogP contribution in [-0.4, -0.2) is 19.7 Å².